The Balaban J connectivity index is 1.52. The molecule has 7 heteroatoms. The second kappa shape index (κ2) is 7.97. The van der Waals surface area contributed by atoms with E-state index in [1.807, 2.05) is 36.5 Å². The quantitative estimate of drug-likeness (QED) is 0.654. The van der Waals surface area contributed by atoms with E-state index < -0.39 is 5.60 Å². The summed E-state index contributed by atoms with van der Waals surface area (Å²) >= 11 is 0. The van der Waals surface area contributed by atoms with Gasteiger partial charge in [0.05, 0.1) is 23.7 Å². The van der Waals surface area contributed by atoms with Crippen LogP contribution in [0.4, 0.5) is 9.18 Å². The summed E-state index contributed by atoms with van der Waals surface area (Å²) in [6.45, 7) is 6.88. The summed E-state index contributed by atoms with van der Waals surface area (Å²) in [7, 11) is 1.79. The zero-order valence-electron chi connectivity index (χ0n) is 19.8. The molecule has 1 aromatic carbocycles. The van der Waals surface area contributed by atoms with Gasteiger partial charge in [-0.05, 0) is 88.3 Å². The summed E-state index contributed by atoms with van der Waals surface area (Å²) in [5, 5.41) is 4.64. The molecule has 1 saturated heterocycles. The number of carbonyl (C=O) groups is 1. The van der Waals surface area contributed by atoms with Crippen molar-refractivity contribution in [2.75, 3.05) is 20.2 Å². The molecule has 1 saturated carbocycles. The number of ether oxygens (including phenoxy) is 2. The van der Waals surface area contributed by atoms with E-state index in [2.05, 4.69) is 11.2 Å². The Hall–Kier alpha value is -2.67. The third kappa shape index (κ3) is 4.07. The van der Waals surface area contributed by atoms with Gasteiger partial charge >= 0.3 is 6.09 Å². The van der Waals surface area contributed by atoms with Gasteiger partial charge in [0.15, 0.2) is 0 Å². The van der Waals surface area contributed by atoms with Gasteiger partial charge in [0, 0.05) is 25.6 Å². The highest BCUT2D eigenvalue weighted by Gasteiger charge is 2.54. The number of methoxy groups -OCH3 is 1. The van der Waals surface area contributed by atoms with Crippen LogP contribution < -0.4 is 0 Å². The van der Waals surface area contributed by atoms with Gasteiger partial charge in [-0.1, -0.05) is 5.57 Å². The summed E-state index contributed by atoms with van der Waals surface area (Å²) in [6.07, 6.45) is 7.73. The highest BCUT2D eigenvalue weighted by Crippen LogP contribution is 2.53. The minimum absolute atomic E-state index is 0.0382. The number of halogens is 1. The molecular weight excluding hydrogens is 421 g/mol. The summed E-state index contributed by atoms with van der Waals surface area (Å²) in [4.78, 5) is 14.8. The van der Waals surface area contributed by atoms with E-state index in [1.54, 1.807) is 19.2 Å². The van der Waals surface area contributed by atoms with Crippen LogP contribution in [0.2, 0.25) is 0 Å². The summed E-state index contributed by atoms with van der Waals surface area (Å²) in [6, 6.07) is 6.40. The molecule has 176 valence electrons. The molecular formula is C26H32FN3O3. The van der Waals surface area contributed by atoms with Crippen molar-refractivity contribution in [3.63, 3.8) is 0 Å². The number of piperidine rings is 1. The molecule has 0 radical (unpaired) electrons. The molecule has 5 rings (SSSR count). The number of rotatable bonds is 4. The van der Waals surface area contributed by atoms with Crippen LogP contribution >= 0.6 is 0 Å². The lowest BCUT2D eigenvalue weighted by molar-refractivity contribution is -0.0446. The van der Waals surface area contributed by atoms with Crippen molar-refractivity contribution in [3.05, 3.63) is 53.1 Å². The number of hydrogen-bond donors (Lipinski definition) is 0. The number of benzene rings is 1. The first-order valence-electron chi connectivity index (χ1n) is 11.7. The van der Waals surface area contributed by atoms with Gasteiger partial charge in [-0.25, -0.2) is 13.9 Å². The molecule has 0 N–H and O–H groups in total. The lowest BCUT2D eigenvalue weighted by atomic mass is 9.64. The Morgan fingerprint density at radius 3 is 2.61 bits per heavy atom. The Labute approximate surface area is 194 Å². The second-order valence-electron chi connectivity index (χ2n) is 10.6. The highest BCUT2D eigenvalue weighted by atomic mass is 19.1. The van der Waals surface area contributed by atoms with Crippen LogP contribution in [0.3, 0.4) is 0 Å². The fraction of sp³-hybridized carbons (Fsp3) is 0.538. The van der Waals surface area contributed by atoms with Gasteiger partial charge in [-0.2, -0.15) is 5.10 Å². The van der Waals surface area contributed by atoms with Gasteiger partial charge in [0.1, 0.15) is 11.4 Å². The molecule has 2 heterocycles. The van der Waals surface area contributed by atoms with Crippen molar-refractivity contribution < 1.29 is 18.7 Å². The molecule has 0 bridgehead atoms. The van der Waals surface area contributed by atoms with Gasteiger partial charge in [0.2, 0.25) is 0 Å². The Morgan fingerprint density at radius 1 is 1.24 bits per heavy atom. The molecule has 1 aromatic heterocycles. The van der Waals surface area contributed by atoms with E-state index in [0.29, 0.717) is 19.0 Å². The molecule has 2 aliphatic carbocycles. The molecule has 2 aromatic rings. The third-order valence-electron chi connectivity index (χ3n) is 7.04. The Bertz CT molecular complexity index is 1080. The van der Waals surface area contributed by atoms with Crippen LogP contribution in [0.15, 0.2) is 36.0 Å². The molecule has 6 nitrogen and oxygen atoms in total. The van der Waals surface area contributed by atoms with E-state index in [-0.39, 0.29) is 23.4 Å². The zero-order valence-corrected chi connectivity index (χ0v) is 19.8. The van der Waals surface area contributed by atoms with Crippen molar-refractivity contribution in [1.82, 2.24) is 14.7 Å². The van der Waals surface area contributed by atoms with Gasteiger partial charge in [-0.15, -0.1) is 0 Å². The molecule has 2 atom stereocenters. The molecule has 33 heavy (non-hydrogen) atoms. The lowest BCUT2D eigenvalue weighted by Gasteiger charge is -2.50. The molecule has 2 fully saturated rings. The fourth-order valence-electron chi connectivity index (χ4n) is 5.51. The van der Waals surface area contributed by atoms with Crippen molar-refractivity contribution >= 4 is 12.2 Å². The van der Waals surface area contributed by atoms with Crippen molar-refractivity contribution in [2.45, 2.75) is 58.2 Å². The maximum Gasteiger partial charge on any atom is 0.410 e. The maximum atomic E-state index is 13.5. The Morgan fingerprint density at radius 2 is 1.97 bits per heavy atom. The van der Waals surface area contributed by atoms with Gasteiger partial charge in [0.25, 0.3) is 0 Å². The number of fused-ring (bicyclic) bond motifs is 2. The minimum atomic E-state index is -0.534. The largest absolute Gasteiger partial charge is 0.444 e. The average molecular weight is 454 g/mol. The van der Waals surface area contributed by atoms with Crippen LogP contribution in [-0.2, 0) is 15.9 Å². The van der Waals surface area contributed by atoms with Crippen LogP contribution in [0.1, 0.15) is 51.3 Å². The summed E-state index contributed by atoms with van der Waals surface area (Å²) in [5.41, 5.74) is 3.46. The summed E-state index contributed by atoms with van der Waals surface area (Å²) < 4.78 is 27.2. The van der Waals surface area contributed by atoms with Crippen LogP contribution in [0.5, 0.6) is 0 Å². The number of hydrogen-bond acceptors (Lipinski definition) is 4. The first kappa shape index (κ1) is 22.1. The van der Waals surface area contributed by atoms with E-state index in [4.69, 9.17) is 9.47 Å². The number of amides is 1. The molecule has 1 amide bonds. The monoisotopic (exact) mass is 453 g/mol. The first-order chi connectivity index (χ1) is 15.7. The molecule has 1 aliphatic heterocycles. The lowest BCUT2D eigenvalue weighted by Crippen LogP contribution is -2.56. The third-order valence-corrected chi connectivity index (χ3v) is 7.04. The fourth-order valence-corrected chi connectivity index (χ4v) is 5.51. The SMILES string of the molecule is CO[C@H](C1CC1)C12Cc3cnn(-c4ccc(F)cc4)c3C=C1CCN(C(=O)OC(C)(C)C)C2. The zero-order chi connectivity index (χ0) is 23.4. The maximum absolute atomic E-state index is 13.5. The number of nitrogens with zero attached hydrogens (tertiary/aromatic N) is 3. The number of aromatic nitrogens is 2. The van der Waals surface area contributed by atoms with E-state index in [0.717, 1.165) is 42.6 Å². The molecule has 0 spiro atoms. The normalized spacial score (nSPS) is 23.4. The predicted molar refractivity (Wildman–Crippen MR) is 124 cm³/mol. The topological polar surface area (TPSA) is 56.6 Å². The van der Waals surface area contributed by atoms with Crippen LogP contribution in [0.25, 0.3) is 11.8 Å². The molecule has 3 aliphatic rings. The number of likely N-dealkylation sites (tertiary alicyclic amines) is 1. The number of carbonyl (C=O) groups excluding carboxylic acids is 1. The highest BCUT2D eigenvalue weighted by molar-refractivity contribution is 5.70. The predicted octanol–water partition coefficient (Wildman–Crippen LogP) is 5.00. The summed E-state index contributed by atoms with van der Waals surface area (Å²) in [5.74, 6) is 0.240. The minimum Gasteiger partial charge on any atom is -0.444 e. The van der Waals surface area contributed by atoms with E-state index in [9.17, 15) is 9.18 Å². The van der Waals surface area contributed by atoms with Gasteiger partial charge in [-0.3, -0.25) is 0 Å². The van der Waals surface area contributed by atoms with E-state index >= 15 is 0 Å². The van der Waals surface area contributed by atoms with Crippen LogP contribution in [-0.4, -0.2) is 52.7 Å². The second-order valence-corrected chi connectivity index (χ2v) is 10.6. The van der Waals surface area contributed by atoms with Crippen LogP contribution in [0, 0.1) is 17.2 Å². The van der Waals surface area contributed by atoms with E-state index in [1.165, 1.54) is 17.7 Å². The standard InChI is InChI=1S/C26H32FN3O3/c1-25(2,3)33-24(31)29-12-11-19-13-22-18(14-26(19,16-29)23(32-4)17-5-6-17)15-28-30(22)21-9-7-20(27)8-10-21/h7-10,13,15,17,23H,5-6,11-12,14,16H2,1-4H3/t23-,26?/m1/s1. The van der Waals surface area contributed by atoms with Crippen molar-refractivity contribution in [3.8, 4) is 5.69 Å². The van der Waals surface area contributed by atoms with Crippen molar-refractivity contribution in [1.29, 1.82) is 0 Å². The van der Waals surface area contributed by atoms with Gasteiger partial charge < -0.3 is 14.4 Å². The average Bonchev–Trinajstić information content (AvgIpc) is 3.51. The molecule has 1 unspecified atom stereocenters. The smallest absolute Gasteiger partial charge is 0.410 e. The van der Waals surface area contributed by atoms with Crippen molar-refractivity contribution in [2.24, 2.45) is 11.3 Å². The Kier molecular flexibility index (Phi) is 5.35. The first-order valence-corrected chi connectivity index (χ1v) is 11.7.